The first kappa shape index (κ1) is 28.8. The highest BCUT2D eigenvalue weighted by molar-refractivity contribution is 5.98. The first-order valence-electron chi connectivity index (χ1n) is 15.0. The van der Waals surface area contributed by atoms with Crippen LogP contribution in [0.1, 0.15) is 18.9 Å². The number of nitrogens with zero attached hydrogens (tertiary/aromatic N) is 7. The van der Waals surface area contributed by atoms with Gasteiger partial charge < -0.3 is 21.1 Å². The number of ether oxygens (including phenoxy) is 1. The van der Waals surface area contributed by atoms with Crippen LogP contribution in [0.15, 0.2) is 73.1 Å². The number of hydrogen-bond donors (Lipinski definition) is 2. The number of likely N-dealkylation sites (tertiary alicyclic amines) is 1. The van der Waals surface area contributed by atoms with Crippen molar-refractivity contribution < 1.29 is 9.53 Å². The second-order valence-electron chi connectivity index (χ2n) is 11.1. The Morgan fingerprint density at radius 2 is 1.70 bits per heavy atom. The van der Waals surface area contributed by atoms with E-state index in [9.17, 15) is 4.79 Å². The molecule has 2 saturated heterocycles. The summed E-state index contributed by atoms with van der Waals surface area (Å²) >= 11 is 0. The Morgan fingerprint density at radius 3 is 2.47 bits per heavy atom. The number of anilines is 1. The summed E-state index contributed by atoms with van der Waals surface area (Å²) in [6.45, 7) is 7.73. The fourth-order valence-corrected chi connectivity index (χ4v) is 5.90. The summed E-state index contributed by atoms with van der Waals surface area (Å²) in [7, 11) is 0. The number of hydrogen-bond acceptors (Lipinski definition) is 9. The van der Waals surface area contributed by atoms with Gasteiger partial charge in [0.25, 0.3) is 0 Å². The lowest BCUT2D eigenvalue weighted by Crippen LogP contribution is -2.47. The molecule has 11 heteroatoms. The molecule has 224 valence electrons. The molecule has 11 nitrogen and oxygen atoms in total. The van der Waals surface area contributed by atoms with Gasteiger partial charge in [0.2, 0.25) is 5.91 Å². The minimum absolute atomic E-state index is 0.0204. The first-order valence-corrected chi connectivity index (χ1v) is 15.0. The molecule has 1 amide bonds. The summed E-state index contributed by atoms with van der Waals surface area (Å²) in [5.41, 5.74) is 14.3. The number of piperazine rings is 1. The molecule has 1 atom stereocenters. The van der Waals surface area contributed by atoms with Crippen molar-refractivity contribution >= 4 is 22.8 Å². The Bertz CT molecular complexity index is 1550. The van der Waals surface area contributed by atoms with Crippen LogP contribution in [0.2, 0.25) is 0 Å². The van der Waals surface area contributed by atoms with Crippen LogP contribution in [0, 0.1) is 0 Å². The molecule has 0 spiro atoms. The van der Waals surface area contributed by atoms with E-state index in [0.717, 1.165) is 75.7 Å². The van der Waals surface area contributed by atoms with E-state index in [1.807, 2.05) is 70.3 Å². The molecule has 0 bridgehead atoms. The van der Waals surface area contributed by atoms with Crippen LogP contribution in [0.5, 0.6) is 11.5 Å². The van der Waals surface area contributed by atoms with Crippen molar-refractivity contribution in [2.24, 2.45) is 5.73 Å². The normalized spacial score (nSPS) is 18.4. The van der Waals surface area contributed by atoms with E-state index in [1.165, 1.54) is 6.33 Å². The summed E-state index contributed by atoms with van der Waals surface area (Å²) in [5.74, 6) is 1.92. The highest BCUT2D eigenvalue weighted by Crippen LogP contribution is 2.35. The van der Waals surface area contributed by atoms with Crippen molar-refractivity contribution in [3.05, 3.63) is 73.1 Å². The second kappa shape index (κ2) is 13.3. The maximum atomic E-state index is 13.2. The molecular formula is C32H39N9O2. The molecule has 0 radical (unpaired) electrons. The number of carbonyl (C=O) groups is 1. The van der Waals surface area contributed by atoms with Crippen LogP contribution in [0.25, 0.3) is 22.3 Å². The Morgan fingerprint density at radius 1 is 0.953 bits per heavy atom. The van der Waals surface area contributed by atoms with Crippen LogP contribution in [0.3, 0.4) is 0 Å². The largest absolute Gasteiger partial charge is 0.457 e. The van der Waals surface area contributed by atoms with Crippen LogP contribution in [0.4, 0.5) is 5.82 Å². The quantitative estimate of drug-likeness (QED) is 0.286. The van der Waals surface area contributed by atoms with E-state index < -0.39 is 0 Å². The van der Waals surface area contributed by atoms with Gasteiger partial charge in [-0.15, -0.1) is 0 Å². The molecule has 2 aliphatic rings. The van der Waals surface area contributed by atoms with Gasteiger partial charge in [0.1, 0.15) is 29.3 Å². The lowest BCUT2D eigenvalue weighted by Gasteiger charge is -2.34. The van der Waals surface area contributed by atoms with Crippen molar-refractivity contribution in [2.45, 2.75) is 18.9 Å². The van der Waals surface area contributed by atoms with Crippen molar-refractivity contribution in [3.63, 3.8) is 0 Å². The molecular weight excluding hydrogens is 542 g/mol. The maximum absolute atomic E-state index is 13.2. The summed E-state index contributed by atoms with van der Waals surface area (Å²) < 4.78 is 7.90. The smallest absolute Gasteiger partial charge is 0.246 e. The van der Waals surface area contributed by atoms with E-state index in [-0.39, 0.29) is 11.9 Å². The van der Waals surface area contributed by atoms with Gasteiger partial charge in [-0.2, -0.15) is 5.10 Å². The minimum atomic E-state index is -0.0204. The van der Waals surface area contributed by atoms with Crippen LogP contribution in [-0.2, 0) is 4.79 Å². The van der Waals surface area contributed by atoms with E-state index >= 15 is 0 Å². The zero-order chi connectivity index (χ0) is 29.6. The van der Waals surface area contributed by atoms with Crippen LogP contribution < -0.4 is 16.2 Å². The third kappa shape index (κ3) is 6.69. The van der Waals surface area contributed by atoms with Crippen LogP contribution in [-0.4, -0.2) is 99.3 Å². The Balaban J connectivity index is 1.15. The summed E-state index contributed by atoms with van der Waals surface area (Å²) in [6, 6.07) is 17.4. The molecule has 0 unspecified atom stereocenters. The first-order chi connectivity index (χ1) is 21.1. The van der Waals surface area contributed by atoms with Crippen LogP contribution >= 0.6 is 0 Å². The number of aromatic nitrogens is 4. The standard InChI is InChI=1S/C32H39N9O2/c33-14-17-39-20-18-38(19-21-39)15-5-9-28(42)40-16-4-6-25(22-40)41-32-29(31(34)35-23-36-32)30(37-41)24-10-12-27(13-11-24)43-26-7-2-1-3-8-26/h1-3,5,7-13,23,25H,4,6,14-22,33H2,(H2,34,35,36)/b9-5+/t25-/m1/s1. The number of fused-ring (bicyclic) bond motifs is 1. The molecule has 6 rings (SSSR count). The molecule has 2 aromatic heterocycles. The summed E-state index contributed by atoms with van der Waals surface area (Å²) in [6.07, 6.45) is 6.97. The number of carbonyl (C=O) groups excluding carboxylic acids is 1. The van der Waals surface area contributed by atoms with E-state index in [1.54, 1.807) is 6.08 Å². The Labute approximate surface area is 251 Å². The number of para-hydroxylation sites is 1. The van der Waals surface area contributed by atoms with Crippen molar-refractivity contribution in [2.75, 3.05) is 64.6 Å². The van der Waals surface area contributed by atoms with E-state index in [4.69, 9.17) is 21.3 Å². The van der Waals surface area contributed by atoms with Gasteiger partial charge in [-0.1, -0.05) is 24.3 Å². The number of rotatable bonds is 9. The lowest BCUT2D eigenvalue weighted by molar-refractivity contribution is -0.127. The second-order valence-corrected chi connectivity index (χ2v) is 11.1. The predicted octanol–water partition coefficient (Wildman–Crippen LogP) is 3.16. The molecule has 2 fully saturated rings. The van der Waals surface area contributed by atoms with E-state index in [2.05, 4.69) is 19.8 Å². The molecule has 0 aliphatic carbocycles. The minimum Gasteiger partial charge on any atom is -0.457 e. The zero-order valence-electron chi connectivity index (χ0n) is 24.4. The predicted molar refractivity (Wildman–Crippen MR) is 168 cm³/mol. The molecule has 4 aromatic rings. The Kier molecular flexibility index (Phi) is 8.92. The van der Waals surface area contributed by atoms with Gasteiger partial charge in [0.05, 0.1) is 11.4 Å². The average molecular weight is 582 g/mol. The van der Waals surface area contributed by atoms with E-state index in [0.29, 0.717) is 35.6 Å². The Hall–Kier alpha value is -4.32. The maximum Gasteiger partial charge on any atom is 0.246 e. The molecule has 2 aromatic carbocycles. The van der Waals surface area contributed by atoms with Gasteiger partial charge in [0, 0.05) is 70.5 Å². The number of nitrogens with two attached hydrogens (primary N) is 2. The number of nitrogen functional groups attached to an aromatic ring is 1. The van der Waals surface area contributed by atoms with Crippen molar-refractivity contribution in [3.8, 4) is 22.8 Å². The molecule has 4 heterocycles. The fraction of sp³-hybridized carbons (Fsp3) is 0.375. The topological polar surface area (TPSA) is 132 Å². The number of piperidine rings is 1. The molecule has 2 aliphatic heterocycles. The summed E-state index contributed by atoms with van der Waals surface area (Å²) in [4.78, 5) is 28.7. The SMILES string of the molecule is NCCN1CCN(C/C=C/C(=O)N2CCC[C@@H](n3nc(-c4ccc(Oc5ccccc5)cc4)c4c(N)ncnc43)C2)CC1. The number of benzene rings is 2. The van der Waals surface area contributed by atoms with Crippen molar-refractivity contribution in [1.29, 1.82) is 0 Å². The monoisotopic (exact) mass is 581 g/mol. The van der Waals surface area contributed by atoms with Crippen molar-refractivity contribution in [1.82, 2.24) is 34.4 Å². The summed E-state index contributed by atoms with van der Waals surface area (Å²) in [5, 5.41) is 5.73. The third-order valence-corrected chi connectivity index (χ3v) is 8.21. The molecule has 0 saturated carbocycles. The number of amides is 1. The van der Waals surface area contributed by atoms with Gasteiger partial charge in [-0.05, 0) is 49.2 Å². The lowest BCUT2D eigenvalue weighted by atomic mass is 10.1. The fourth-order valence-electron chi connectivity index (χ4n) is 5.90. The average Bonchev–Trinajstić information content (AvgIpc) is 3.44. The highest BCUT2D eigenvalue weighted by Gasteiger charge is 2.28. The third-order valence-electron chi connectivity index (χ3n) is 8.21. The molecule has 43 heavy (non-hydrogen) atoms. The van der Waals surface area contributed by atoms with Gasteiger partial charge in [-0.3, -0.25) is 14.6 Å². The highest BCUT2D eigenvalue weighted by atomic mass is 16.5. The van der Waals surface area contributed by atoms with Gasteiger partial charge >= 0.3 is 0 Å². The molecule has 4 N–H and O–H groups in total. The van der Waals surface area contributed by atoms with Gasteiger partial charge in [-0.25, -0.2) is 14.6 Å². The zero-order valence-corrected chi connectivity index (χ0v) is 24.4. The van der Waals surface area contributed by atoms with Gasteiger partial charge in [0.15, 0.2) is 5.65 Å².